The van der Waals surface area contributed by atoms with Crippen LogP contribution < -0.4 is 42.3 Å². The van der Waals surface area contributed by atoms with Crippen molar-refractivity contribution in [2.24, 2.45) is 0 Å². The second kappa shape index (κ2) is 8.04. The van der Waals surface area contributed by atoms with Crippen molar-refractivity contribution in [1.29, 1.82) is 0 Å². The van der Waals surface area contributed by atoms with Crippen molar-refractivity contribution in [3.05, 3.63) is 133 Å². The Morgan fingerprint density at radius 2 is 0.812 bits per heavy atom. The van der Waals surface area contributed by atoms with Crippen molar-refractivity contribution in [2.45, 2.75) is 0 Å². The highest BCUT2D eigenvalue weighted by Crippen LogP contribution is 2.42. The molecule has 4 aliphatic rings. The van der Waals surface area contributed by atoms with E-state index in [4.69, 9.17) is 9.47 Å². The molecule has 0 aliphatic carbocycles. The van der Waals surface area contributed by atoms with E-state index in [9.17, 15) is 0 Å². The van der Waals surface area contributed by atoms with E-state index in [2.05, 4.69) is 143 Å². The van der Waals surface area contributed by atoms with Crippen LogP contribution in [0.25, 0.3) is 55.0 Å². The molecule has 4 aliphatic heterocycles. The third kappa shape index (κ3) is 2.61. The van der Waals surface area contributed by atoms with Gasteiger partial charge in [-0.2, -0.15) is 0 Å². The minimum absolute atomic E-state index is 0.120. The fraction of sp³-hybridized carbons (Fsp3) is 0. The van der Waals surface area contributed by atoms with Gasteiger partial charge in [0.05, 0.1) is 11.0 Å². The minimum Gasteiger partial charge on any atom is -0.458 e. The maximum absolute atomic E-state index is 6.56. The van der Waals surface area contributed by atoms with Gasteiger partial charge in [0.2, 0.25) is 0 Å². The van der Waals surface area contributed by atoms with E-state index in [0.717, 1.165) is 23.0 Å². The molecule has 6 heterocycles. The lowest BCUT2D eigenvalue weighted by atomic mass is 9.34. The third-order valence-corrected chi connectivity index (χ3v) is 11.4. The topological polar surface area (TPSA) is 28.3 Å². The Kier molecular flexibility index (Phi) is 4.04. The van der Waals surface area contributed by atoms with E-state index in [-0.39, 0.29) is 13.4 Å². The summed E-state index contributed by atoms with van der Waals surface area (Å²) >= 11 is 0. The summed E-state index contributed by atoms with van der Waals surface area (Å²) in [5, 5.41) is 5.13. The Morgan fingerprint density at radius 3 is 1.33 bits per heavy atom. The van der Waals surface area contributed by atoms with Gasteiger partial charge in [0, 0.05) is 44.0 Å². The highest BCUT2D eigenvalue weighted by molar-refractivity contribution is 7.00. The van der Waals surface area contributed by atoms with E-state index in [0.29, 0.717) is 0 Å². The van der Waals surface area contributed by atoms with Gasteiger partial charge in [0.15, 0.2) is 0 Å². The zero-order valence-electron chi connectivity index (χ0n) is 25.6. The molecule has 0 amide bonds. The highest BCUT2D eigenvalue weighted by Gasteiger charge is 2.42. The average Bonchev–Trinajstić information content (AvgIpc) is 3.64. The number of nitrogens with zero attached hydrogens (tertiary/aromatic N) is 2. The van der Waals surface area contributed by atoms with Gasteiger partial charge in [0.1, 0.15) is 23.0 Å². The summed E-state index contributed by atoms with van der Waals surface area (Å²) in [7, 11) is 0. The molecule has 7 aromatic carbocycles. The van der Waals surface area contributed by atoms with Crippen LogP contribution in [0.4, 0.5) is 0 Å². The zero-order chi connectivity index (χ0) is 30.8. The van der Waals surface area contributed by atoms with Gasteiger partial charge in [0.25, 0.3) is 13.4 Å². The van der Waals surface area contributed by atoms with Crippen molar-refractivity contribution in [3.63, 3.8) is 0 Å². The number of aromatic nitrogens is 2. The molecule has 9 aromatic rings. The van der Waals surface area contributed by atoms with Gasteiger partial charge < -0.3 is 18.6 Å². The molecule has 0 bridgehead atoms. The third-order valence-electron chi connectivity index (χ3n) is 11.4. The van der Waals surface area contributed by atoms with E-state index < -0.39 is 0 Å². The molecule has 218 valence electrons. The molecule has 0 saturated heterocycles. The van der Waals surface area contributed by atoms with Gasteiger partial charge in [-0.3, -0.25) is 0 Å². The van der Waals surface area contributed by atoms with Gasteiger partial charge in [-0.15, -0.1) is 0 Å². The summed E-state index contributed by atoms with van der Waals surface area (Å²) in [6, 6.07) is 48.7. The SMILES string of the molecule is c1ccc2c(c1)Oc1cccc3c1B2c1cccc2c4cc5c6cccc7c6n(c5cc4n-3c12)-c1cccc2c1B7c1ccccc1O2. The van der Waals surface area contributed by atoms with Crippen LogP contribution >= 0.6 is 0 Å². The molecule has 0 radical (unpaired) electrons. The molecule has 0 atom stereocenters. The number of hydrogen-bond acceptors (Lipinski definition) is 2. The van der Waals surface area contributed by atoms with Crippen molar-refractivity contribution < 1.29 is 9.47 Å². The Balaban J connectivity index is 1.19. The molecule has 2 aromatic heterocycles. The molecule has 0 N–H and O–H groups in total. The van der Waals surface area contributed by atoms with Crippen LogP contribution in [0.1, 0.15) is 0 Å². The number of hydrogen-bond donors (Lipinski definition) is 0. The predicted octanol–water partition coefficient (Wildman–Crippen LogP) is 5.75. The molecule has 0 unspecified atom stereocenters. The lowest BCUT2D eigenvalue weighted by molar-refractivity contribution is 0.487. The maximum atomic E-state index is 6.56. The summed E-state index contributed by atoms with van der Waals surface area (Å²) in [5.41, 5.74) is 15.0. The molecule has 0 saturated carbocycles. The van der Waals surface area contributed by atoms with E-state index in [1.807, 2.05) is 0 Å². The van der Waals surface area contributed by atoms with Crippen LogP contribution in [0, 0.1) is 0 Å². The molecule has 4 nitrogen and oxygen atoms in total. The largest absolute Gasteiger partial charge is 0.458 e. The molecule has 6 heteroatoms. The molecule has 0 spiro atoms. The van der Waals surface area contributed by atoms with Gasteiger partial charge in [-0.1, -0.05) is 84.9 Å². The molecular weight excluding hydrogens is 586 g/mol. The van der Waals surface area contributed by atoms with Crippen molar-refractivity contribution in [1.82, 2.24) is 9.13 Å². The second-order valence-electron chi connectivity index (χ2n) is 13.6. The second-order valence-corrected chi connectivity index (χ2v) is 13.6. The summed E-state index contributed by atoms with van der Waals surface area (Å²) < 4.78 is 18.1. The summed E-state index contributed by atoms with van der Waals surface area (Å²) in [5.74, 6) is 3.77. The number of rotatable bonds is 0. The fourth-order valence-electron chi connectivity index (χ4n) is 9.67. The van der Waals surface area contributed by atoms with Gasteiger partial charge in [-0.05, 0) is 81.3 Å². The Bertz CT molecular complexity index is 2790. The van der Waals surface area contributed by atoms with E-state index in [1.54, 1.807) is 0 Å². The number of fused-ring (bicyclic) bond motifs is 14. The lowest BCUT2D eigenvalue weighted by Crippen LogP contribution is -2.58. The first-order valence-corrected chi connectivity index (χ1v) is 16.7. The Labute approximate surface area is 275 Å². The van der Waals surface area contributed by atoms with Crippen LogP contribution in [0.5, 0.6) is 23.0 Å². The zero-order valence-corrected chi connectivity index (χ0v) is 25.6. The van der Waals surface area contributed by atoms with Crippen LogP contribution in [-0.4, -0.2) is 22.6 Å². The van der Waals surface area contributed by atoms with Crippen molar-refractivity contribution >= 4 is 89.8 Å². The summed E-state index contributed by atoms with van der Waals surface area (Å²) in [4.78, 5) is 0. The Hall–Kier alpha value is -6.13. The van der Waals surface area contributed by atoms with E-state index >= 15 is 0 Å². The fourth-order valence-corrected chi connectivity index (χ4v) is 9.67. The van der Waals surface area contributed by atoms with Gasteiger partial charge >= 0.3 is 0 Å². The highest BCUT2D eigenvalue weighted by atomic mass is 16.5. The Morgan fingerprint density at radius 1 is 0.375 bits per heavy atom. The van der Waals surface area contributed by atoms with Crippen LogP contribution in [-0.2, 0) is 0 Å². The molecule has 48 heavy (non-hydrogen) atoms. The molecular formula is C42H22B2N2O2. The van der Waals surface area contributed by atoms with Crippen molar-refractivity contribution in [3.8, 4) is 34.4 Å². The predicted molar refractivity (Wildman–Crippen MR) is 197 cm³/mol. The summed E-state index contributed by atoms with van der Waals surface area (Å²) in [6.45, 7) is 0.240. The van der Waals surface area contributed by atoms with E-state index in [1.165, 1.54) is 87.8 Å². The van der Waals surface area contributed by atoms with Crippen molar-refractivity contribution in [2.75, 3.05) is 0 Å². The number of benzene rings is 7. The lowest BCUT2D eigenvalue weighted by Gasteiger charge is -2.33. The smallest absolute Gasteiger partial charge is 0.256 e. The normalized spacial score (nSPS) is 14.1. The standard InChI is InChI=1S/C42H22B2N2O2/c1-3-17-35-27(11-1)43-29-13-5-9-23-25-21-26-24-10-6-14-30-42(24)46(32-16-8-20-38-40(32)44(30)28-12-2-4-18-36(28)48-38)34(26)22-33(25)45(41(23)29)31-15-7-19-37(47-35)39(31)43/h1-22H. The number of ether oxygens (including phenoxy) is 2. The van der Waals surface area contributed by atoms with Gasteiger partial charge in [-0.25, -0.2) is 0 Å². The first-order valence-electron chi connectivity index (χ1n) is 16.7. The molecule has 0 fully saturated rings. The number of para-hydroxylation sites is 4. The maximum Gasteiger partial charge on any atom is 0.256 e. The first kappa shape index (κ1) is 24.1. The van der Waals surface area contributed by atoms with Crippen LogP contribution in [0.15, 0.2) is 133 Å². The monoisotopic (exact) mass is 608 g/mol. The quantitative estimate of drug-likeness (QED) is 0.205. The molecule has 13 rings (SSSR count). The van der Waals surface area contributed by atoms with Crippen LogP contribution in [0.3, 0.4) is 0 Å². The first-order chi connectivity index (χ1) is 23.8. The van der Waals surface area contributed by atoms with Crippen LogP contribution in [0.2, 0.25) is 0 Å². The minimum atomic E-state index is 0.120. The summed E-state index contributed by atoms with van der Waals surface area (Å²) in [6.07, 6.45) is 0. The average molecular weight is 608 g/mol.